The summed E-state index contributed by atoms with van der Waals surface area (Å²) < 4.78 is 5.45. The second-order valence-corrected chi connectivity index (χ2v) is 18.2. The molecule has 0 aromatic heterocycles. The van der Waals surface area contributed by atoms with Crippen molar-refractivity contribution in [2.45, 2.75) is 302 Å². The van der Waals surface area contributed by atoms with Crippen molar-refractivity contribution in [1.82, 2.24) is 5.32 Å². The molecule has 350 valence electrons. The molecule has 0 aromatic rings. The first-order chi connectivity index (χ1) is 29.0. The number of carbonyl (C=O) groups excluding carboxylic acids is 2. The minimum atomic E-state index is -0.676. The number of rotatable bonds is 49. The van der Waals surface area contributed by atoms with Gasteiger partial charge in [0.2, 0.25) is 5.91 Å². The monoisotopic (exact) mass is 834 g/mol. The van der Waals surface area contributed by atoms with Gasteiger partial charge in [0, 0.05) is 12.8 Å². The van der Waals surface area contributed by atoms with E-state index in [2.05, 4.69) is 31.3 Å². The molecule has 0 rings (SSSR count). The van der Waals surface area contributed by atoms with Crippen LogP contribution in [0.3, 0.4) is 0 Å². The van der Waals surface area contributed by atoms with E-state index in [-0.39, 0.29) is 18.5 Å². The van der Waals surface area contributed by atoms with Gasteiger partial charge in [-0.05, 0) is 51.4 Å². The largest absolute Gasteiger partial charge is 0.466 e. The highest BCUT2D eigenvalue weighted by Gasteiger charge is 2.20. The number of hydrogen-bond donors (Lipinski definition) is 3. The van der Waals surface area contributed by atoms with Gasteiger partial charge in [0.25, 0.3) is 0 Å². The lowest BCUT2D eigenvalue weighted by atomic mass is 10.0. The van der Waals surface area contributed by atoms with Crippen LogP contribution in [-0.2, 0) is 14.3 Å². The average Bonchev–Trinajstić information content (AvgIpc) is 3.24. The molecule has 1 amide bonds. The van der Waals surface area contributed by atoms with Crippen LogP contribution in [0, 0.1) is 0 Å². The number of unbranched alkanes of at least 4 members (excludes halogenated alkanes) is 36. The summed E-state index contributed by atoms with van der Waals surface area (Å²) in [4.78, 5) is 24.5. The Morgan fingerprint density at radius 3 is 1.22 bits per heavy atom. The lowest BCUT2D eigenvalue weighted by Crippen LogP contribution is -2.45. The first-order valence-corrected chi connectivity index (χ1v) is 26.4. The van der Waals surface area contributed by atoms with E-state index in [0.29, 0.717) is 25.9 Å². The van der Waals surface area contributed by atoms with Gasteiger partial charge in [-0.25, -0.2) is 0 Å². The highest BCUT2D eigenvalue weighted by Crippen LogP contribution is 2.17. The van der Waals surface area contributed by atoms with Crippen molar-refractivity contribution < 1.29 is 24.5 Å². The molecule has 6 heteroatoms. The van der Waals surface area contributed by atoms with Crippen molar-refractivity contribution in [3.05, 3.63) is 12.2 Å². The van der Waals surface area contributed by atoms with Gasteiger partial charge in [0.05, 0.1) is 25.4 Å². The van der Waals surface area contributed by atoms with Crippen LogP contribution in [0.1, 0.15) is 290 Å². The van der Waals surface area contributed by atoms with Gasteiger partial charge in [-0.15, -0.1) is 0 Å². The molecule has 0 aliphatic rings. The number of amides is 1. The van der Waals surface area contributed by atoms with Crippen LogP contribution in [0.5, 0.6) is 0 Å². The number of aliphatic hydroxyl groups excluding tert-OH is 2. The van der Waals surface area contributed by atoms with Crippen LogP contribution in [0.25, 0.3) is 0 Å². The molecule has 0 fully saturated rings. The third-order valence-corrected chi connectivity index (χ3v) is 12.3. The molecule has 0 spiro atoms. The first-order valence-electron chi connectivity index (χ1n) is 26.4. The van der Waals surface area contributed by atoms with E-state index >= 15 is 0 Å². The van der Waals surface area contributed by atoms with Crippen molar-refractivity contribution >= 4 is 11.9 Å². The Morgan fingerprint density at radius 1 is 0.458 bits per heavy atom. The number of nitrogens with one attached hydrogen (secondary N) is 1. The SMILES string of the molecule is CCCCCC/C=C\CCCCCCCC(=O)OCCCCCCCCCCCCCC(=O)NC(CO)C(O)CCCCCCCCCCCCCCCCCCCC. The number of carbonyl (C=O) groups is 2. The zero-order valence-electron chi connectivity index (χ0n) is 39.7. The molecule has 0 aliphatic carbocycles. The molecule has 2 unspecified atom stereocenters. The maximum absolute atomic E-state index is 12.5. The van der Waals surface area contributed by atoms with E-state index in [1.807, 2.05) is 0 Å². The Morgan fingerprint density at radius 2 is 0.797 bits per heavy atom. The molecule has 0 radical (unpaired) electrons. The summed E-state index contributed by atoms with van der Waals surface area (Å²) in [5.74, 6) is -0.0744. The molecular formula is C53H103NO5. The first kappa shape index (κ1) is 57.6. The second-order valence-electron chi connectivity index (χ2n) is 18.2. The number of ether oxygens (including phenoxy) is 1. The zero-order valence-corrected chi connectivity index (χ0v) is 39.7. The second kappa shape index (κ2) is 49.3. The summed E-state index contributed by atoms with van der Waals surface area (Å²) in [5.41, 5.74) is 0. The van der Waals surface area contributed by atoms with Crippen LogP contribution in [-0.4, -0.2) is 47.4 Å². The smallest absolute Gasteiger partial charge is 0.305 e. The van der Waals surface area contributed by atoms with Crippen LogP contribution < -0.4 is 5.32 Å². The maximum Gasteiger partial charge on any atom is 0.305 e. The molecule has 0 aliphatic heterocycles. The number of esters is 1. The molecular weight excluding hydrogens is 731 g/mol. The topological polar surface area (TPSA) is 95.9 Å². The summed E-state index contributed by atoms with van der Waals surface area (Å²) >= 11 is 0. The summed E-state index contributed by atoms with van der Waals surface area (Å²) in [7, 11) is 0. The number of aliphatic hydroxyl groups is 2. The Bertz CT molecular complexity index is 878. The summed E-state index contributed by atoms with van der Waals surface area (Å²) in [6, 6.07) is -0.555. The van der Waals surface area contributed by atoms with Crippen molar-refractivity contribution in [3.8, 4) is 0 Å². The van der Waals surface area contributed by atoms with Crippen molar-refractivity contribution in [2.75, 3.05) is 13.2 Å². The Balaban J connectivity index is 3.47. The van der Waals surface area contributed by atoms with Crippen LogP contribution in [0.4, 0.5) is 0 Å². The van der Waals surface area contributed by atoms with Gasteiger partial charge in [-0.3, -0.25) is 9.59 Å². The van der Waals surface area contributed by atoms with E-state index in [0.717, 1.165) is 57.8 Å². The third-order valence-electron chi connectivity index (χ3n) is 12.3. The van der Waals surface area contributed by atoms with Gasteiger partial charge in [-0.1, -0.05) is 238 Å². The fraction of sp³-hybridized carbons (Fsp3) is 0.925. The quantitative estimate of drug-likeness (QED) is 0.0322. The molecule has 3 N–H and O–H groups in total. The molecule has 0 saturated carbocycles. The van der Waals surface area contributed by atoms with Gasteiger partial charge < -0.3 is 20.3 Å². The lowest BCUT2D eigenvalue weighted by molar-refractivity contribution is -0.143. The highest BCUT2D eigenvalue weighted by atomic mass is 16.5. The minimum Gasteiger partial charge on any atom is -0.466 e. The molecule has 0 aromatic carbocycles. The molecule has 6 nitrogen and oxygen atoms in total. The standard InChI is InChI=1S/C53H103NO5/c1-3-5-7-9-11-13-15-17-18-19-20-21-23-25-29-33-37-41-45-51(56)50(49-55)54-52(57)46-42-38-34-30-26-24-28-32-36-40-44-48-59-53(58)47-43-39-35-31-27-22-16-14-12-10-8-6-4-2/h14,16,50-51,55-56H,3-13,15,17-49H2,1-2H3,(H,54,57)/b16-14-. The van der Waals surface area contributed by atoms with E-state index < -0.39 is 12.1 Å². The van der Waals surface area contributed by atoms with Crippen molar-refractivity contribution in [3.63, 3.8) is 0 Å². The molecule has 59 heavy (non-hydrogen) atoms. The molecule has 0 saturated heterocycles. The van der Waals surface area contributed by atoms with E-state index in [9.17, 15) is 19.8 Å². The normalized spacial score (nSPS) is 12.7. The number of hydrogen-bond acceptors (Lipinski definition) is 5. The van der Waals surface area contributed by atoms with Crippen LogP contribution in [0.15, 0.2) is 12.2 Å². The van der Waals surface area contributed by atoms with Crippen LogP contribution in [0.2, 0.25) is 0 Å². The van der Waals surface area contributed by atoms with Crippen LogP contribution >= 0.6 is 0 Å². The summed E-state index contributed by atoms with van der Waals surface area (Å²) in [5, 5.41) is 23.3. The Kier molecular flexibility index (Phi) is 48.1. The van der Waals surface area contributed by atoms with E-state index in [4.69, 9.17) is 4.74 Å². The Hall–Kier alpha value is -1.40. The Labute approximate surface area is 368 Å². The molecule has 0 heterocycles. The molecule has 2 atom stereocenters. The maximum atomic E-state index is 12.5. The van der Waals surface area contributed by atoms with Gasteiger partial charge in [0.1, 0.15) is 0 Å². The highest BCUT2D eigenvalue weighted by molar-refractivity contribution is 5.76. The van der Waals surface area contributed by atoms with Crippen molar-refractivity contribution in [2.24, 2.45) is 0 Å². The predicted octanol–water partition coefficient (Wildman–Crippen LogP) is 15.7. The summed E-state index contributed by atoms with van der Waals surface area (Å²) in [6.45, 7) is 4.90. The zero-order chi connectivity index (χ0) is 43.0. The fourth-order valence-corrected chi connectivity index (χ4v) is 8.22. The van der Waals surface area contributed by atoms with Gasteiger partial charge >= 0.3 is 5.97 Å². The minimum absolute atomic E-state index is 0.0223. The predicted molar refractivity (Wildman–Crippen MR) is 255 cm³/mol. The summed E-state index contributed by atoms with van der Waals surface area (Å²) in [6.07, 6.45) is 56.0. The van der Waals surface area contributed by atoms with E-state index in [1.54, 1.807) is 0 Å². The van der Waals surface area contributed by atoms with Crippen molar-refractivity contribution in [1.29, 1.82) is 0 Å². The van der Waals surface area contributed by atoms with Gasteiger partial charge in [0.15, 0.2) is 0 Å². The lowest BCUT2D eigenvalue weighted by Gasteiger charge is -2.22. The number of allylic oxidation sites excluding steroid dienone is 2. The molecule has 0 bridgehead atoms. The van der Waals surface area contributed by atoms with E-state index in [1.165, 1.54) is 199 Å². The fourth-order valence-electron chi connectivity index (χ4n) is 8.22. The third kappa shape index (κ3) is 45.9. The average molecular weight is 834 g/mol. The van der Waals surface area contributed by atoms with Gasteiger partial charge in [-0.2, -0.15) is 0 Å².